The molecule has 8 heteroatoms. The predicted octanol–water partition coefficient (Wildman–Crippen LogP) is 4.00. The summed E-state index contributed by atoms with van der Waals surface area (Å²) >= 11 is 6.09. The number of anilines is 1. The molecule has 1 atom stereocenters. The van der Waals surface area contributed by atoms with E-state index < -0.39 is 0 Å². The van der Waals surface area contributed by atoms with Gasteiger partial charge in [0.2, 0.25) is 11.9 Å². The standard InChI is InChI=1S/C26H28ClN5O2/c1-31(2)26-29-15-22(18-10-12-21(27)13-11-18)24(30-26)20-9-6-14-32(17-20)23(33)16-28-25(34)19-7-4-3-5-8-19/h3-5,7-8,10-13,15,20H,6,9,14,16-17H2,1-2H3,(H,28,34)/t20-/m0/s1. The lowest BCUT2D eigenvalue weighted by molar-refractivity contribution is -0.131. The Labute approximate surface area is 204 Å². The Kier molecular flexibility index (Phi) is 7.43. The fourth-order valence-electron chi connectivity index (χ4n) is 4.15. The molecule has 2 heterocycles. The van der Waals surface area contributed by atoms with Crippen LogP contribution in [0.2, 0.25) is 5.02 Å². The molecule has 1 N–H and O–H groups in total. The molecule has 1 aromatic heterocycles. The van der Waals surface area contributed by atoms with E-state index in [1.165, 1.54) is 0 Å². The highest BCUT2D eigenvalue weighted by Crippen LogP contribution is 2.34. The molecule has 1 aliphatic heterocycles. The van der Waals surface area contributed by atoms with Gasteiger partial charge in [-0.3, -0.25) is 9.59 Å². The number of rotatable bonds is 6. The average molecular weight is 478 g/mol. The van der Waals surface area contributed by atoms with Crippen LogP contribution in [-0.2, 0) is 4.79 Å². The second-order valence-electron chi connectivity index (χ2n) is 8.60. The van der Waals surface area contributed by atoms with Crippen molar-refractivity contribution in [3.8, 4) is 11.1 Å². The molecule has 2 amide bonds. The minimum atomic E-state index is -0.251. The summed E-state index contributed by atoms with van der Waals surface area (Å²) in [5.41, 5.74) is 3.39. The monoisotopic (exact) mass is 477 g/mol. The van der Waals surface area contributed by atoms with Gasteiger partial charge in [0.15, 0.2) is 0 Å². The van der Waals surface area contributed by atoms with Crippen LogP contribution in [0.1, 0.15) is 34.8 Å². The van der Waals surface area contributed by atoms with Crippen molar-refractivity contribution in [2.24, 2.45) is 0 Å². The summed E-state index contributed by atoms with van der Waals surface area (Å²) in [6.45, 7) is 1.18. The number of carbonyl (C=O) groups excluding carboxylic acids is 2. The number of piperidine rings is 1. The Hall–Kier alpha value is -3.45. The third-order valence-electron chi connectivity index (χ3n) is 5.96. The number of benzene rings is 2. The van der Waals surface area contributed by atoms with Crippen molar-refractivity contribution in [3.05, 3.63) is 77.1 Å². The number of nitrogens with one attached hydrogen (secondary N) is 1. The van der Waals surface area contributed by atoms with Crippen LogP contribution < -0.4 is 10.2 Å². The van der Waals surface area contributed by atoms with Crippen LogP contribution in [0.25, 0.3) is 11.1 Å². The summed E-state index contributed by atoms with van der Waals surface area (Å²) in [7, 11) is 3.82. The lowest BCUT2D eigenvalue weighted by Gasteiger charge is -2.33. The normalized spacial score (nSPS) is 15.6. The van der Waals surface area contributed by atoms with E-state index in [1.54, 1.807) is 24.3 Å². The number of amides is 2. The molecule has 7 nitrogen and oxygen atoms in total. The van der Waals surface area contributed by atoms with Gasteiger partial charge in [0.1, 0.15) is 0 Å². The Balaban J connectivity index is 1.51. The van der Waals surface area contributed by atoms with Crippen molar-refractivity contribution < 1.29 is 9.59 Å². The van der Waals surface area contributed by atoms with Gasteiger partial charge in [0.05, 0.1) is 12.2 Å². The van der Waals surface area contributed by atoms with E-state index in [9.17, 15) is 9.59 Å². The fourth-order valence-corrected chi connectivity index (χ4v) is 4.28. The molecule has 1 aliphatic rings. The van der Waals surface area contributed by atoms with Crippen molar-refractivity contribution in [2.45, 2.75) is 18.8 Å². The maximum atomic E-state index is 12.9. The van der Waals surface area contributed by atoms with Crippen LogP contribution in [-0.4, -0.2) is 60.4 Å². The molecule has 0 aliphatic carbocycles. The molecule has 0 unspecified atom stereocenters. The molecule has 0 bridgehead atoms. The van der Waals surface area contributed by atoms with Crippen LogP contribution in [0.5, 0.6) is 0 Å². The van der Waals surface area contributed by atoms with Crippen molar-refractivity contribution in [1.29, 1.82) is 0 Å². The molecule has 3 aromatic rings. The summed E-state index contributed by atoms with van der Waals surface area (Å²) in [5.74, 6) is 0.351. The maximum Gasteiger partial charge on any atom is 0.251 e. The zero-order valence-corrected chi connectivity index (χ0v) is 20.1. The zero-order chi connectivity index (χ0) is 24.1. The number of hydrogen-bond acceptors (Lipinski definition) is 5. The molecule has 0 radical (unpaired) electrons. The van der Waals surface area contributed by atoms with Gasteiger partial charge in [0, 0.05) is 55.4 Å². The van der Waals surface area contributed by atoms with Crippen molar-refractivity contribution in [2.75, 3.05) is 38.6 Å². The Morgan fingerprint density at radius 3 is 2.56 bits per heavy atom. The van der Waals surface area contributed by atoms with Gasteiger partial charge >= 0.3 is 0 Å². The van der Waals surface area contributed by atoms with Gasteiger partial charge in [-0.05, 0) is 42.7 Å². The first-order chi connectivity index (χ1) is 16.4. The van der Waals surface area contributed by atoms with Gasteiger partial charge in [-0.15, -0.1) is 0 Å². The highest BCUT2D eigenvalue weighted by molar-refractivity contribution is 6.30. The summed E-state index contributed by atoms with van der Waals surface area (Å²) in [6.07, 6.45) is 3.64. The molecule has 2 aromatic carbocycles. The second-order valence-corrected chi connectivity index (χ2v) is 9.03. The zero-order valence-electron chi connectivity index (χ0n) is 19.4. The number of hydrogen-bond donors (Lipinski definition) is 1. The minimum absolute atomic E-state index is 0.0305. The SMILES string of the molecule is CN(C)c1ncc(-c2ccc(Cl)cc2)c([C@H]2CCCN(C(=O)CNC(=O)c3ccccc3)C2)n1. The van der Waals surface area contributed by atoms with E-state index >= 15 is 0 Å². The van der Waals surface area contributed by atoms with Crippen LogP contribution >= 0.6 is 11.6 Å². The fraction of sp³-hybridized carbons (Fsp3) is 0.308. The first-order valence-corrected chi connectivity index (χ1v) is 11.7. The predicted molar refractivity (Wildman–Crippen MR) is 134 cm³/mol. The van der Waals surface area contributed by atoms with Gasteiger partial charge < -0.3 is 15.1 Å². The first-order valence-electron chi connectivity index (χ1n) is 11.3. The van der Waals surface area contributed by atoms with Crippen molar-refractivity contribution in [1.82, 2.24) is 20.2 Å². The number of likely N-dealkylation sites (tertiary alicyclic amines) is 1. The highest BCUT2D eigenvalue weighted by atomic mass is 35.5. The molecule has 0 spiro atoms. The summed E-state index contributed by atoms with van der Waals surface area (Å²) in [5, 5.41) is 3.41. The molecular formula is C26H28ClN5O2. The van der Waals surface area contributed by atoms with E-state index in [-0.39, 0.29) is 24.3 Å². The minimum Gasteiger partial charge on any atom is -0.347 e. The average Bonchev–Trinajstić information content (AvgIpc) is 2.87. The maximum absolute atomic E-state index is 12.9. The highest BCUT2D eigenvalue weighted by Gasteiger charge is 2.28. The molecule has 1 saturated heterocycles. The number of halogens is 1. The van der Waals surface area contributed by atoms with E-state index in [2.05, 4.69) is 10.3 Å². The Morgan fingerprint density at radius 1 is 1.12 bits per heavy atom. The first kappa shape index (κ1) is 23.7. The molecule has 1 fully saturated rings. The van der Waals surface area contributed by atoms with E-state index in [1.807, 2.05) is 60.4 Å². The number of nitrogens with zero attached hydrogens (tertiary/aromatic N) is 4. The van der Waals surface area contributed by atoms with Crippen LogP contribution in [0, 0.1) is 0 Å². The Morgan fingerprint density at radius 2 is 1.85 bits per heavy atom. The summed E-state index contributed by atoms with van der Waals surface area (Å²) in [6, 6.07) is 16.5. The Bertz CT molecular complexity index is 1150. The molecule has 4 rings (SSSR count). The van der Waals surface area contributed by atoms with Gasteiger partial charge in [0.25, 0.3) is 5.91 Å². The quantitative estimate of drug-likeness (QED) is 0.580. The summed E-state index contributed by atoms with van der Waals surface area (Å²) in [4.78, 5) is 38.4. The van der Waals surface area contributed by atoms with Crippen LogP contribution in [0.4, 0.5) is 5.95 Å². The third kappa shape index (κ3) is 5.54. The second kappa shape index (κ2) is 10.7. The lowest BCUT2D eigenvalue weighted by Crippen LogP contribution is -2.44. The molecule has 0 saturated carbocycles. The molecule has 34 heavy (non-hydrogen) atoms. The van der Waals surface area contributed by atoms with E-state index in [0.29, 0.717) is 29.6 Å². The summed E-state index contributed by atoms with van der Waals surface area (Å²) < 4.78 is 0. The van der Waals surface area contributed by atoms with E-state index in [4.69, 9.17) is 16.6 Å². The largest absolute Gasteiger partial charge is 0.347 e. The third-order valence-corrected chi connectivity index (χ3v) is 6.21. The number of carbonyl (C=O) groups is 2. The molecule has 176 valence electrons. The lowest BCUT2D eigenvalue weighted by atomic mass is 9.90. The number of aromatic nitrogens is 2. The van der Waals surface area contributed by atoms with Gasteiger partial charge in [-0.1, -0.05) is 41.9 Å². The van der Waals surface area contributed by atoms with Crippen LogP contribution in [0.3, 0.4) is 0 Å². The van der Waals surface area contributed by atoms with E-state index in [0.717, 1.165) is 29.7 Å². The van der Waals surface area contributed by atoms with Crippen molar-refractivity contribution in [3.63, 3.8) is 0 Å². The topological polar surface area (TPSA) is 78.4 Å². The van der Waals surface area contributed by atoms with Crippen LogP contribution in [0.15, 0.2) is 60.8 Å². The van der Waals surface area contributed by atoms with Crippen molar-refractivity contribution >= 4 is 29.4 Å². The van der Waals surface area contributed by atoms with Gasteiger partial charge in [-0.2, -0.15) is 0 Å². The van der Waals surface area contributed by atoms with Gasteiger partial charge in [-0.25, -0.2) is 9.97 Å². The molecular weight excluding hydrogens is 450 g/mol. The smallest absolute Gasteiger partial charge is 0.251 e.